The molecule has 4 aromatic rings. The van der Waals surface area contributed by atoms with Crippen molar-refractivity contribution in [3.05, 3.63) is 71.3 Å². The highest BCUT2D eigenvalue weighted by Crippen LogP contribution is 2.49. The van der Waals surface area contributed by atoms with Gasteiger partial charge in [0.1, 0.15) is 0 Å². The summed E-state index contributed by atoms with van der Waals surface area (Å²) >= 11 is 6.62. The number of benzene rings is 2. The van der Waals surface area contributed by atoms with E-state index in [9.17, 15) is 21.6 Å². The Balaban J connectivity index is 1.39. The fraction of sp³-hybridized carbons (Fsp3) is 0.370. The molecule has 3 heterocycles. The number of halogens is 4. The smallest absolute Gasteiger partial charge is 0.283 e. The maximum absolute atomic E-state index is 14.5. The number of fused-ring (bicyclic) bond motifs is 1. The van der Waals surface area contributed by atoms with Gasteiger partial charge in [0.2, 0.25) is 5.95 Å². The number of alkyl halides is 2. The minimum absolute atomic E-state index is 0.161. The first kappa shape index (κ1) is 26.8. The number of anilines is 2. The molecule has 0 radical (unpaired) electrons. The van der Waals surface area contributed by atoms with Gasteiger partial charge >= 0.3 is 0 Å². The van der Waals surface area contributed by atoms with Crippen molar-refractivity contribution in [3.8, 4) is 0 Å². The van der Waals surface area contributed by atoms with Crippen LogP contribution in [0.1, 0.15) is 32.3 Å². The van der Waals surface area contributed by atoms with Crippen LogP contribution in [0.2, 0.25) is 5.02 Å². The average molecular weight is 591 g/mol. The summed E-state index contributed by atoms with van der Waals surface area (Å²) in [6, 6.07) is 9.59. The standard InChI is InChI=1S/C27H26ClF3N6O2S/c1-17(2)27(30,31)18-6-8-20(9-7-18)40(38,39)37-22-5-3-4-21(28)23(22)24(34-37)36-13-12-35(16-26(36)10-11-26)25-32-14-19(29)15-33-25/h3-9,14-15,17H,10-13,16H2,1-2H3. The van der Waals surface area contributed by atoms with E-state index in [1.165, 1.54) is 26.0 Å². The predicted molar refractivity (Wildman–Crippen MR) is 146 cm³/mol. The number of hydrogen-bond acceptors (Lipinski definition) is 7. The van der Waals surface area contributed by atoms with Crippen LogP contribution < -0.4 is 9.80 Å². The first-order chi connectivity index (χ1) is 18.9. The molecule has 13 heteroatoms. The first-order valence-electron chi connectivity index (χ1n) is 12.9. The SMILES string of the molecule is CC(C)C(F)(F)c1ccc(S(=O)(=O)n2nc(N3CCN(c4ncc(F)cn4)CC34CC4)c3c(Cl)cccc32)cc1. The van der Waals surface area contributed by atoms with E-state index in [0.717, 1.165) is 41.5 Å². The lowest BCUT2D eigenvalue weighted by Gasteiger charge is -2.42. The summed E-state index contributed by atoms with van der Waals surface area (Å²) < 4.78 is 70.9. The number of nitrogens with zero attached hydrogens (tertiary/aromatic N) is 6. The van der Waals surface area contributed by atoms with E-state index in [-0.39, 0.29) is 16.0 Å². The van der Waals surface area contributed by atoms with E-state index >= 15 is 0 Å². The lowest BCUT2D eigenvalue weighted by atomic mass is 9.98. The van der Waals surface area contributed by atoms with E-state index in [1.54, 1.807) is 18.2 Å². The van der Waals surface area contributed by atoms with Crippen LogP contribution >= 0.6 is 11.6 Å². The molecule has 0 bridgehead atoms. The van der Waals surface area contributed by atoms with Gasteiger partial charge in [0.15, 0.2) is 11.6 Å². The molecule has 6 rings (SSSR count). The van der Waals surface area contributed by atoms with Gasteiger partial charge < -0.3 is 9.80 Å². The van der Waals surface area contributed by atoms with Crippen molar-refractivity contribution >= 4 is 44.3 Å². The molecule has 1 spiro atoms. The van der Waals surface area contributed by atoms with Crippen molar-refractivity contribution in [2.75, 3.05) is 29.4 Å². The Morgan fingerprint density at radius 1 is 1.02 bits per heavy atom. The molecule has 0 N–H and O–H groups in total. The van der Waals surface area contributed by atoms with Crippen LogP contribution in [0.25, 0.3) is 10.9 Å². The molecular weight excluding hydrogens is 565 g/mol. The van der Waals surface area contributed by atoms with Gasteiger partial charge in [-0.1, -0.05) is 43.6 Å². The minimum atomic E-state index is -4.25. The van der Waals surface area contributed by atoms with Gasteiger partial charge in [0.05, 0.1) is 38.8 Å². The third kappa shape index (κ3) is 4.28. The third-order valence-electron chi connectivity index (χ3n) is 7.72. The number of hydrogen-bond donors (Lipinski definition) is 0. The zero-order chi connectivity index (χ0) is 28.4. The highest BCUT2D eigenvalue weighted by Gasteiger charge is 2.53. The van der Waals surface area contributed by atoms with E-state index in [4.69, 9.17) is 11.6 Å². The molecule has 1 aliphatic carbocycles. The van der Waals surface area contributed by atoms with Crippen molar-refractivity contribution in [3.63, 3.8) is 0 Å². The zero-order valence-electron chi connectivity index (χ0n) is 21.7. The summed E-state index contributed by atoms with van der Waals surface area (Å²) in [7, 11) is -4.25. The van der Waals surface area contributed by atoms with Crippen LogP contribution in [0.3, 0.4) is 0 Å². The molecule has 0 atom stereocenters. The van der Waals surface area contributed by atoms with Crippen molar-refractivity contribution in [2.24, 2.45) is 5.92 Å². The summed E-state index contributed by atoms with van der Waals surface area (Å²) in [5.41, 5.74) is -0.303. The molecule has 40 heavy (non-hydrogen) atoms. The fourth-order valence-corrected chi connectivity index (χ4v) is 6.79. The van der Waals surface area contributed by atoms with Gasteiger partial charge in [0, 0.05) is 31.1 Å². The van der Waals surface area contributed by atoms with Crippen molar-refractivity contribution in [2.45, 2.75) is 43.0 Å². The quantitative estimate of drug-likeness (QED) is 0.295. The van der Waals surface area contributed by atoms with Crippen LogP contribution in [0.15, 0.2) is 59.8 Å². The Kier molecular flexibility index (Phi) is 6.26. The second-order valence-corrected chi connectivity index (χ2v) is 12.8. The lowest BCUT2D eigenvalue weighted by Crippen LogP contribution is -2.56. The number of piperazine rings is 1. The minimum Gasteiger partial charge on any atom is -0.345 e. The molecule has 210 valence electrons. The van der Waals surface area contributed by atoms with E-state index in [2.05, 4.69) is 20.0 Å². The summed E-state index contributed by atoms with van der Waals surface area (Å²) in [6.07, 6.45) is 3.93. The third-order valence-corrected chi connectivity index (χ3v) is 9.64. The molecule has 2 aromatic heterocycles. The van der Waals surface area contributed by atoms with Gasteiger partial charge in [-0.3, -0.25) is 0 Å². The van der Waals surface area contributed by atoms with Gasteiger partial charge in [-0.05, 0) is 37.1 Å². The van der Waals surface area contributed by atoms with E-state index in [0.29, 0.717) is 47.3 Å². The van der Waals surface area contributed by atoms with Gasteiger partial charge in [-0.25, -0.2) is 23.1 Å². The van der Waals surface area contributed by atoms with Crippen LogP contribution in [0.5, 0.6) is 0 Å². The highest BCUT2D eigenvalue weighted by molar-refractivity contribution is 7.90. The van der Waals surface area contributed by atoms with Gasteiger partial charge in [-0.15, -0.1) is 5.10 Å². The summed E-state index contributed by atoms with van der Waals surface area (Å²) in [5.74, 6) is -3.69. The largest absolute Gasteiger partial charge is 0.345 e. The summed E-state index contributed by atoms with van der Waals surface area (Å²) in [4.78, 5) is 12.1. The maximum Gasteiger partial charge on any atom is 0.283 e. The van der Waals surface area contributed by atoms with Crippen molar-refractivity contribution in [1.82, 2.24) is 19.2 Å². The number of aromatic nitrogens is 4. The Morgan fingerprint density at radius 2 is 1.70 bits per heavy atom. The van der Waals surface area contributed by atoms with Crippen LogP contribution in [0, 0.1) is 11.7 Å². The molecule has 2 aromatic carbocycles. The van der Waals surface area contributed by atoms with E-state index in [1.807, 2.05) is 4.90 Å². The maximum atomic E-state index is 14.5. The Bertz CT molecular complexity index is 1690. The number of rotatable bonds is 6. The van der Waals surface area contributed by atoms with Crippen LogP contribution in [-0.2, 0) is 15.9 Å². The monoisotopic (exact) mass is 590 g/mol. The zero-order valence-corrected chi connectivity index (χ0v) is 23.3. The van der Waals surface area contributed by atoms with E-state index < -0.39 is 27.7 Å². The lowest BCUT2D eigenvalue weighted by molar-refractivity contribution is -0.0514. The van der Waals surface area contributed by atoms with Crippen molar-refractivity contribution < 1.29 is 21.6 Å². The normalized spacial score (nSPS) is 17.3. The Morgan fingerprint density at radius 3 is 2.33 bits per heavy atom. The summed E-state index contributed by atoms with van der Waals surface area (Å²) in [6.45, 7) is 4.35. The highest BCUT2D eigenvalue weighted by atomic mass is 35.5. The fourth-order valence-electron chi connectivity index (χ4n) is 5.26. The molecular formula is C27H26ClF3N6O2S. The molecule has 1 saturated carbocycles. The Labute approximate surface area is 234 Å². The predicted octanol–water partition coefficient (Wildman–Crippen LogP) is 5.46. The molecule has 0 unspecified atom stereocenters. The average Bonchev–Trinajstić information content (AvgIpc) is 3.57. The molecule has 1 saturated heterocycles. The first-order valence-corrected chi connectivity index (χ1v) is 14.7. The van der Waals surface area contributed by atoms with Crippen LogP contribution in [0.4, 0.5) is 24.9 Å². The molecule has 2 fully saturated rings. The van der Waals surface area contributed by atoms with Gasteiger partial charge in [0.25, 0.3) is 15.9 Å². The summed E-state index contributed by atoms with van der Waals surface area (Å²) in [5, 5.41) is 5.43. The molecule has 0 amide bonds. The molecule has 1 aliphatic heterocycles. The Hall–Kier alpha value is -3.38. The molecule has 8 nitrogen and oxygen atoms in total. The second-order valence-electron chi connectivity index (χ2n) is 10.6. The second kappa shape index (κ2) is 9.34. The van der Waals surface area contributed by atoms with Crippen LogP contribution in [-0.4, -0.2) is 52.7 Å². The van der Waals surface area contributed by atoms with Gasteiger partial charge in [-0.2, -0.15) is 12.5 Å². The topological polar surface area (TPSA) is 84.2 Å². The molecule has 2 aliphatic rings. The van der Waals surface area contributed by atoms with Crippen molar-refractivity contribution in [1.29, 1.82) is 0 Å².